The average molecular weight is 203 g/mol. The van der Waals surface area contributed by atoms with E-state index in [9.17, 15) is 8.42 Å². The summed E-state index contributed by atoms with van der Waals surface area (Å²) < 4.78 is 24.1. The monoisotopic (exact) mass is 203 g/mol. The maximum Gasteiger partial charge on any atom is 0.214 e. The number of hydrogen-bond acceptors (Lipinski definition) is 2. The van der Waals surface area contributed by atoms with Gasteiger partial charge in [0.15, 0.2) is 0 Å². The van der Waals surface area contributed by atoms with Gasteiger partial charge in [0.05, 0.1) is 12.3 Å². The molecule has 0 aromatic rings. The van der Waals surface area contributed by atoms with E-state index in [4.69, 9.17) is 6.42 Å². The third kappa shape index (κ3) is 4.91. The molecule has 3 nitrogen and oxygen atoms in total. The molecule has 0 aliphatic heterocycles. The lowest BCUT2D eigenvalue weighted by molar-refractivity contribution is 0.493. The molecule has 0 saturated carbocycles. The van der Waals surface area contributed by atoms with E-state index in [1.165, 1.54) is 11.4 Å². The summed E-state index contributed by atoms with van der Waals surface area (Å²) in [4.78, 5) is 0. The number of hydrogen-bond donors (Lipinski definition) is 0. The van der Waals surface area contributed by atoms with Gasteiger partial charge in [0.2, 0.25) is 10.0 Å². The predicted octanol–water partition coefficient (Wildman–Crippen LogP) is 0.927. The summed E-state index contributed by atoms with van der Waals surface area (Å²) in [5, 5.41) is 0. The van der Waals surface area contributed by atoms with Crippen LogP contribution in [-0.4, -0.2) is 32.1 Å². The lowest BCUT2D eigenvalue weighted by Crippen LogP contribution is -2.30. The summed E-state index contributed by atoms with van der Waals surface area (Å²) in [5.41, 5.74) is 0. The van der Waals surface area contributed by atoms with Crippen LogP contribution in [0.4, 0.5) is 0 Å². The molecule has 13 heavy (non-hydrogen) atoms. The van der Waals surface area contributed by atoms with Crippen molar-refractivity contribution in [2.45, 2.75) is 20.3 Å². The smallest absolute Gasteiger partial charge is 0.212 e. The van der Waals surface area contributed by atoms with Gasteiger partial charge >= 0.3 is 0 Å². The van der Waals surface area contributed by atoms with Crippen molar-refractivity contribution in [1.82, 2.24) is 4.31 Å². The van der Waals surface area contributed by atoms with Crippen molar-refractivity contribution in [2.75, 3.05) is 19.3 Å². The van der Waals surface area contributed by atoms with Gasteiger partial charge in [-0.2, -0.15) is 4.31 Å². The van der Waals surface area contributed by atoms with Gasteiger partial charge in [0, 0.05) is 7.05 Å². The maximum atomic E-state index is 11.5. The van der Waals surface area contributed by atoms with Crippen LogP contribution in [0.25, 0.3) is 0 Å². The topological polar surface area (TPSA) is 37.4 Å². The van der Waals surface area contributed by atoms with E-state index in [2.05, 4.69) is 5.92 Å². The SMILES string of the molecule is C#CCN(C)S(=O)(=O)CCC(C)C. The molecule has 0 N–H and O–H groups in total. The van der Waals surface area contributed by atoms with Crippen LogP contribution >= 0.6 is 0 Å². The van der Waals surface area contributed by atoms with E-state index >= 15 is 0 Å². The van der Waals surface area contributed by atoms with E-state index in [1.807, 2.05) is 13.8 Å². The summed E-state index contributed by atoms with van der Waals surface area (Å²) in [7, 11) is -1.62. The lowest BCUT2D eigenvalue weighted by atomic mass is 10.2. The van der Waals surface area contributed by atoms with Crippen molar-refractivity contribution in [3.63, 3.8) is 0 Å². The van der Waals surface area contributed by atoms with Gasteiger partial charge in [-0.15, -0.1) is 6.42 Å². The third-order valence-electron chi connectivity index (χ3n) is 1.74. The molecule has 0 aliphatic carbocycles. The van der Waals surface area contributed by atoms with Crippen molar-refractivity contribution >= 4 is 10.0 Å². The van der Waals surface area contributed by atoms with Crippen molar-refractivity contribution < 1.29 is 8.42 Å². The fourth-order valence-corrected chi connectivity index (χ4v) is 2.12. The number of rotatable bonds is 5. The van der Waals surface area contributed by atoms with Gasteiger partial charge in [0.25, 0.3) is 0 Å². The number of terminal acetylenes is 1. The van der Waals surface area contributed by atoms with Crippen LogP contribution in [0.5, 0.6) is 0 Å². The highest BCUT2D eigenvalue weighted by molar-refractivity contribution is 7.89. The Bertz CT molecular complexity index is 274. The molecule has 0 spiro atoms. The first kappa shape index (κ1) is 12.5. The molecule has 76 valence electrons. The summed E-state index contributed by atoms with van der Waals surface area (Å²) in [6.07, 6.45) is 5.70. The van der Waals surface area contributed by atoms with Gasteiger partial charge < -0.3 is 0 Å². The summed E-state index contributed by atoms with van der Waals surface area (Å²) in [6.45, 7) is 4.15. The highest BCUT2D eigenvalue weighted by atomic mass is 32.2. The van der Waals surface area contributed by atoms with E-state index in [0.717, 1.165) is 0 Å². The Morgan fingerprint density at radius 2 is 2.00 bits per heavy atom. The van der Waals surface area contributed by atoms with Gasteiger partial charge in [-0.3, -0.25) is 0 Å². The van der Waals surface area contributed by atoms with E-state index in [-0.39, 0.29) is 12.3 Å². The van der Waals surface area contributed by atoms with E-state index in [0.29, 0.717) is 12.3 Å². The predicted molar refractivity (Wildman–Crippen MR) is 54.7 cm³/mol. The molecule has 0 atom stereocenters. The average Bonchev–Trinajstić information content (AvgIpc) is 2.01. The van der Waals surface area contributed by atoms with Crippen LogP contribution in [0.3, 0.4) is 0 Å². The molecule has 0 radical (unpaired) electrons. The fourth-order valence-electron chi connectivity index (χ4n) is 0.767. The van der Waals surface area contributed by atoms with Crippen molar-refractivity contribution in [3.05, 3.63) is 0 Å². The van der Waals surface area contributed by atoms with Gasteiger partial charge in [0.1, 0.15) is 0 Å². The number of nitrogens with zero attached hydrogens (tertiary/aromatic N) is 1. The summed E-state index contributed by atoms with van der Waals surface area (Å²) >= 11 is 0. The van der Waals surface area contributed by atoms with Gasteiger partial charge in [-0.05, 0) is 12.3 Å². The van der Waals surface area contributed by atoms with E-state index in [1.54, 1.807) is 0 Å². The maximum absolute atomic E-state index is 11.5. The normalized spacial score (nSPS) is 12.0. The molecule has 0 rings (SSSR count). The van der Waals surface area contributed by atoms with Crippen molar-refractivity contribution in [1.29, 1.82) is 0 Å². The Morgan fingerprint density at radius 1 is 1.46 bits per heavy atom. The largest absolute Gasteiger partial charge is 0.214 e. The minimum absolute atomic E-state index is 0.153. The Labute approximate surface area is 81.2 Å². The molecule has 0 aliphatic rings. The standard InChI is InChI=1S/C9H17NO2S/c1-5-7-10(4)13(11,12)8-6-9(2)3/h1,9H,6-8H2,2-4H3. The van der Waals surface area contributed by atoms with Gasteiger partial charge in [-0.1, -0.05) is 19.8 Å². The quantitative estimate of drug-likeness (QED) is 0.623. The third-order valence-corrected chi connectivity index (χ3v) is 3.57. The zero-order valence-electron chi connectivity index (χ0n) is 8.45. The molecule has 0 bridgehead atoms. The fraction of sp³-hybridized carbons (Fsp3) is 0.778. The lowest BCUT2D eigenvalue weighted by Gasteiger charge is -2.14. The second kappa shape index (κ2) is 5.25. The first-order valence-electron chi connectivity index (χ1n) is 4.27. The van der Waals surface area contributed by atoms with Crippen LogP contribution in [0.2, 0.25) is 0 Å². The molecular weight excluding hydrogens is 186 g/mol. The number of sulfonamides is 1. The Kier molecular flexibility index (Phi) is 5.04. The van der Waals surface area contributed by atoms with E-state index < -0.39 is 10.0 Å². The van der Waals surface area contributed by atoms with Crippen LogP contribution in [-0.2, 0) is 10.0 Å². The molecule has 4 heteroatoms. The van der Waals surface area contributed by atoms with Crippen molar-refractivity contribution in [3.8, 4) is 12.3 Å². The summed E-state index contributed by atoms with van der Waals surface area (Å²) in [5.74, 6) is 2.89. The molecule has 0 heterocycles. The van der Waals surface area contributed by atoms with Crippen molar-refractivity contribution in [2.24, 2.45) is 5.92 Å². The molecule has 0 saturated heterocycles. The molecule has 0 unspecified atom stereocenters. The molecule has 0 fully saturated rings. The Balaban J connectivity index is 4.17. The first-order chi connectivity index (χ1) is 5.90. The second-order valence-corrected chi connectivity index (χ2v) is 5.65. The Morgan fingerprint density at radius 3 is 2.38 bits per heavy atom. The highest BCUT2D eigenvalue weighted by Gasteiger charge is 2.16. The zero-order valence-corrected chi connectivity index (χ0v) is 9.26. The highest BCUT2D eigenvalue weighted by Crippen LogP contribution is 2.05. The molecule has 0 amide bonds. The molecular formula is C9H17NO2S. The first-order valence-corrected chi connectivity index (χ1v) is 5.88. The Hall–Kier alpha value is -0.530. The van der Waals surface area contributed by atoms with Crippen LogP contribution in [0.1, 0.15) is 20.3 Å². The minimum atomic E-state index is -3.13. The zero-order chi connectivity index (χ0) is 10.5. The van der Waals surface area contributed by atoms with Crippen LogP contribution < -0.4 is 0 Å². The summed E-state index contributed by atoms with van der Waals surface area (Å²) in [6, 6.07) is 0. The second-order valence-electron chi connectivity index (χ2n) is 3.46. The van der Waals surface area contributed by atoms with Gasteiger partial charge in [-0.25, -0.2) is 8.42 Å². The van der Waals surface area contributed by atoms with Crippen LogP contribution in [0, 0.1) is 18.3 Å². The molecule has 0 aromatic heterocycles. The molecule has 0 aromatic carbocycles. The minimum Gasteiger partial charge on any atom is -0.212 e. The van der Waals surface area contributed by atoms with Crippen LogP contribution in [0.15, 0.2) is 0 Å².